The summed E-state index contributed by atoms with van der Waals surface area (Å²) in [6, 6.07) is 7.80. The minimum absolute atomic E-state index is 0.0253. The van der Waals surface area contributed by atoms with E-state index in [9.17, 15) is 4.79 Å². The molecule has 23 heavy (non-hydrogen) atoms. The van der Waals surface area contributed by atoms with E-state index in [1.165, 1.54) is 19.3 Å². The molecule has 1 aliphatic rings. The van der Waals surface area contributed by atoms with Crippen LogP contribution in [-0.2, 0) is 6.54 Å². The molecule has 0 radical (unpaired) electrons. The van der Waals surface area contributed by atoms with Gasteiger partial charge in [-0.1, -0.05) is 18.6 Å². The lowest BCUT2D eigenvalue weighted by molar-refractivity contribution is 0.0939. The molecule has 0 unspecified atom stereocenters. The zero-order chi connectivity index (χ0) is 16.4. The third-order valence-corrected chi connectivity index (χ3v) is 5.77. The van der Waals surface area contributed by atoms with Crippen LogP contribution in [0, 0.1) is 19.8 Å². The fourth-order valence-electron chi connectivity index (χ4n) is 2.80. The molecule has 5 heteroatoms. The van der Waals surface area contributed by atoms with Crippen LogP contribution in [0.2, 0.25) is 0 Å². The van der Waals surface area contributed by atoms with E-state index in [1.807, 2.05) is 42.8 Å². The number of aromatic nitrogens is 2. The van der Waals surface area contributed by atoms with Crippen molar-refractivity contribution in [3.63, 3.8) is 0 Å². The van der Waals surface area contributed by atoms with E-state index in [4.69, 9.17) is 0 Å². The molecule has 1 heterocycles. The van der Waals surface area contributed by atoms with Gasteiger partial charge in [-0.3, -0.25) is 9.48 Å². The first-order valence-electron chi connectivity index (χ1n) is 8.11. The molecule has 4 nitrogen and oxygen atoms in total. The van der Waals surface area contributed by atoms with Crippen molar-refractivity contribution in [1.29, 1.82) is 0 Å². The van der Waals surface area contributed by atoms with Gasteiger partial charge in [0, 0.05) is 12.1 Å². The molecule has 122 valence electrons. The van der Waals surface area contributed by atoms with Gasteiger partial charge in [0.1, 0.15) is 0 Å². The highest BCUT2D eigenvalue weighted by atomic mass is 79.9. The zero-order valence-electron chi connectivity index (χ0n) is 13.6. The molecule has 0 aliphatic heterocycles. The molecule has 1 N–H and O–H groups in total. The number of carbonyl (C=O) groups excluding carboxylic acids is 1. The number of nitrogens with one attached hydrogen (secondary N) is 1. The van der Waals surface area contributed by atoms with E-state index in [1.54, 1.807) is 0 Å². The maximum absolute atomic E-state index is 12.1. The van der Waals surface area contributed by atoms with Gasteiger partial charge in [-0.15, -0.1) is 0 Å². The summed E-state index contributed by atoms with van der Waals surface area (Å²) in [6.45, 7) is 5.55. The van der Waals surface area contributed by atoms with Crippen molar-refractivity contribution in [2.75, 3.05) is 6.54 Å². The Hall–Kier alpha value is -1.62. The Bertz CT molecular complexity index is 702. The lowest BCUT2D eigenvalue weighted by atomic mass is 9.85. The van der Waals surface area contributed by atoms with Crippen LogP contribution in [0.1, 0.15) is 46.6 Å². The average molecular weight is 376 g/mol. The standard InChI is InChI=1S/C18H22BrN3O/c1-12-17(19)13(2)22(21-12)11-15-6-8-16(9-7-15)18(23)20-10-14-4-3-5-14/h6-9,14H,3-5,10-11H2,1-2H3,(H,20,23). The van der Waals surface area contributed by atoms with Crippen molar-refractivity contribution in [2.45, 2.75) is 39.7 Å². The van der Waals surface area contributed by atoms with Crippen molar-refractivity contribution in [3.05, 3.63) is 51.3 Å². The molecular weight excluding hydrogens is 354 g/mol. The van der Waals surface area contributed by atoms with Gasteiger partial charge in [-0.05, 0) is 66.2 Å². The zero-order valence-corrected chi connectivity index (χ0v) is 15.2. The number of hydrogen-bond donors (Lipinski definition) is 1. The maximum atomic E-state index is 12.1. The van der Waals surface area contributed by atoms with Gasteiger partial charge in [0.05, 0.1) is 22.4 Å². The minimum Gasteiger partial charge on any atom is -0.352 e. The van der Waals surface area contributed by atoms with E-state index in [0.717, 1.165) is 33.5 Å². The second-order valence-corrected chi connectivity index (χ2v) is 7.14. The molecule has 0 atom stereocenters. The molecule has 1 aliphatic carbocycles. The van der Waals surface area contributed by atoms with Crippen LogP contribution in [0.5, 0.6) is 0 Å². The second-order valence-electron chi connectivity index (χ2n) is 6.35. The van der Waals surface area contributed by atoms with Crippen molar-refractivity contribution < 1.29 is 4.79 Å². The van der Waals surface area contributed by atoms with E-state index >= 15 is 0 Å². The van der Waals surface area contributed by atoms with Gasteiger partial charge in [-0.2, -0.15) is 5.10 Å². The van der Waals surface area contributed by atoms with E-state index < -0.39 is 0 Å². The fraction of sp³-hybridized carbons (Fsp3) is 0.444. The minimum atomic E-state index is 0.0253. The summed E-state index contributed by atoms with van der Waals surface area (Å²) in [5, 5.41) is 7.55. The normalized spacial score (nSPS) is 14.6. The third-order valence-electron chi connectivity index (χ3n) is 4.62. The van der Waals surface area contributed by atoms with E-state index in [2.05, 4.69) is 26.3 Å². The predicted molar refractivity (Wildman–Crippen MR) is 94.6 cm³/mol. The molecular formula is C18H22BrN3O. The summed E-state index contributed by atoms with van der Waals surface area (Å²) < 4.78 is 3.04. The number of halogens is 1. The van der Waals surface area contributed by atoms with Gasteiger partial charge in [0.15, 0.2) is 0 Å². The highest BCUT2D eigenvalue weighted by molar-refractivity contribution is 9.10. The van der Waals surface area contributed by atoms with Crippen LogP contribution in [0.3, 0.4) is 0 Å². The molecule has 1 aromatic carbocycles. The SMILES string of the molecule is Cc1nn(Cc2ccc(C(=O)NCC3CCC3)cc2)c(C)c1Br. The summed E-state index contributed by atoms with van der Waals surface area (Å²) in [4.78, 5) is 12.1. The summed E-state index contributed by atoms with van der Waals surface area (Å²) in [5.41, 5.74) is 3.97. The molecule has 0 spiro atoms. The lowest BCUT2D eigenvalue weighted by Gasteiger charge is -2.25. The first kappa shape index (κ1) is 16.2. The quantitative estimate of drug-likeness (QED) is 0.862. The Morgan fingerprint density at radius 2 is 2.00 bits per heavy atom. The number of hydrogen-bond acceptors (Lipinski definition) is 2. The van der Waals surface area contributed by atoms with Crippen molar-refractivity contribution in [3.8, 4) is 0 Å². The number of nitrogens with zero attached hydrogens (tertiary/aromatic N) is 2. The molecule has 1 saturated carbocycles. The Balaban J connectivity index is 1.62. The first-order chi connectivity index (χ1) is 11.0. The number of rotatable bonds is 5. The molecule has 3 rings (SSSR count). The average Bonchev–Trinajstić information content (AvgIpc) is 2.73. The van der Waals surface area contributed by atoms with Crippen LogP contribution in [0.25, 0.3) is 0 Å². The van der Waals surface area contributed by atoms with Crippen LogP contribution in [-0.4, -0.2) is 22.2 Å². The largest absolute Gasteiger partial charge is 0.352 e. The Morgan fingerprint density at radius 3 is 2.52 bits per heavy atom. The number of aryl methyl sites for hydroxylation is 1. The van der Waals surface area contributed by atoms with Crippen LogP contribution in [0.4, 0.5) is 0 Å². The van der Waals surface area contributed by atoms with E-state index in [-0.39, 0.29) is 5.91 Å². The number of benzene rings is 1. The number of carbonyl (C=O) groups is 1. The first-order valence-corrected chi connectivity index (χ1v) is 8.90. The highest BCUT2D eigenvalue weighted by Gasteiger charge is 2.18. The van der Waals surface area contributed by atoms with Gasteiger partial charge in [-0.25, -0.2) is 0 Å². The smallest absolute Gasteiger partial charge is 0.251 e. The highest BCUT2D eigenvalue weighted by Crippen LogP contribution is 2.25. The molecule has 1 amide bonds. The summed E-state index contributed by atoms with van der Waals surface area (Å²) in [7, 11) is 0. The lowest BCUT2D eigenvalue weighted by Crippen LogP contribution is -2.32. The van der Waals surface area contributed by atoms with Gasteiger partial charge >= 0.3 is 0 Å². The Labute approximate surface area is 145 Å². The molecule has 0 bridgehead atoms. The number of amides is 1. The van der Waals surface area contributed by atoms with Crippen LogP contribution >= 0.6 is 15.9 Å². The van der Waals surface area contributed by atoms with Crippen molar-refractivity contribution in [1.82, 2.24) is 15.1 Å². The van der Waals surface area contributed by atoms with Crippen LogP contribution < -0.4 is 5.32 Å². The maximum Gasteiger partial charge on any atom is 0.251 e. The van der Waals surface area contributed by atoms with Crippen LogP contribution in [0.15, 0.2) is 28.7 Å². The van der Waals surface area contributed by atoms with Gasteiger partial charge in [0.25, 0.3) is 5.91 Å². The van der Waals surface area contributed by atoms with Gasteiger partial charge < -0.3 is 5.32 Å². The van der Waals surface area contributed by atoms with E-state index in [0.29, 0.717) is 12.5 Å². The molecule has 2 aromatic rings. The fourth-order valence-corrected chi connectivity index (χ4v) is 3.08. The van der Waals surface area contributed by atoms with Gasteiger partial charge in [0.2, 0.25) is 0 Å². The summed E-state index contributed by atoms with van der Waals surface area (Å²) in [6.07, 6.45) is 3.80. The van der Waals surface area contributed by atoms with Crippen molar-refractivity contribution in [2.24, 2.45) is 5.92 Å². The monoisotopic (exact) mass is 375 g/mol. The topological polar surface area (TPSA) is 46.9 Å². The van der Waals surface area contributed by atoms with Crippen molar-refractivity contribution >= 4 is 21.8 Å². The summed E-state index contributed by atoms with van der Waals surface area (Å²) >= 11 is 3.55. The second kappa shape index (κ2) is 6.87. The Kier molecular flexibility index (Phi) is 4.85. The molecule has 0 saturated heterocycles. The Morgan fingerprint density at radius 1 is 1.30 bits per heavy atom. The molecule has 1 aromatic heterocycles. The summed E-state index contributed by atoms with van der Waals surface area (Å²) in [5.74, 6) is 0.708. The predicted octanol–water partition coefficient (Wildman–Crippen LogP) is 3.84. The third kappa shape index (κ3) is 3.66. The molecule has 1 fully saturated rings.